The molecule has 0 unspecified atom stereocenters. The Balaban J connectivity index is 2.03. The number of aromatic nitrogens is 1. The van der Waals surface area contributed by atoms with E-state index in [9.17, 15) is 8.78 Å². The first-order valence-electron chi connectivity index (χ1n) is 6.44. The third-order valence-corrected chi connectivity index (χ3v) is 3.81. The van der Waals surface area contributed by atoms with Gasteiger partial charge in [-0.3, -0.25) is 0 Å². The number of nitrogens with zero attached hydrogens (tertiary/aromatic N) is 2. The third kappa shape index (κ3) is 2.13. The molecule has 19 heavy (non-hydrogen) atoms. The normalized spacial score (nSPS) is 19.0. The van der Waals surface area contributed by atoms with Crippen LogP contribution in [0.1, 0.15) is 12.8 Å². The van der Waals surface area contributed by atoms with Crippen LogP contribution in [0.15, 0.2) is 24.4 Å². The number of nitrogens with two attached hydrogens (primary N) is 1. The van der Waals surface area contributed by atoms with Crippen molar-refractivity contribution in [1.29, 1.82) is 0 Å². The van der Waals surface area contributed by atoms with E-state index in [0.29, 0.717) is 18.8 Å². The van der Waals surface area contributed by atoms with Crippen LogP contribution in [0.4, 0.5) is 20.2 Å². The summed E-state index contributed by atoms with van der Waals surface area (Å²) in [6.45, 7) is 0.744. The van der Waals surface area contributed by atoms with Crippen molar-refractivity contribution < 1.29 is 8.78 Å². The molecule has 1 aliphatic rings. The van der Waals surface area contributed by atoms with E-state index in [1.807, 2.05) is 40.9 Å². The number of piperidine rings is 1. The van der Waals surface area contributed by atoms with Gasteiger partial charge in [0.15, 0.2) is 0 Å². The number of alkyl halides is 2. The molecule has 2 aromatic rings. The first-order valence-corrected chi connectivity index (χ1v) is 6.44. The molecule has 5 heteroatoms. The van der Waals surface area contributed by atoms with E-state index in [-0.39, 0.29) is 12.8 Å². The van der Waals surface area contributed by atoms with Gasteiger partial charge in [-0.15, -0.1) is 0 Å². The predicted molar refractivity (Wildman–Crippen MR) is 73.7 cm³/mol. The molecule has 3 rings (SSSR count). The van der Waals surface area contributed by atoms with Gasteiger partial charge in [-0.05, 0) is 18.2 Å². The van der Waals surface area contributed by atoms with Gasteiger partial charge in [0.05, 0.1) is 11.2 Å². The molecule has 3 nitrogen and oxygen atoms in total. The smallest absolute Gasteiger partial charge is 0.251 e. The van der Waals surface area contributed by atoms with Crippen molar-refractivity contribution >= 4 is 22.3 Å². The van der Waals surface area contributed by atoms with Crippen molar-refractivity contribution in [1.82, 2.24) is 4.57 Å². The summed E-state index contributed by atoms with van der Waals surface area (Å²) in [5.74, 6) is -2.52. The van der Waals surface area contributed by atoms with Gasteiger partial charge in [-0.2, -0.15) is 0 Å². The lowest BCUT2D eigenvalue weighted by Crippen LogP contribution is -2.39. The van der Waals surface area contributed by atoms with E-state index in [1.54, 1.807) is 0 Å². The summed E-state index contributed by atoms with van der Waals surface area (Å²) in [5.41, 5.74) is 8.59. The van der Waals surface area contributed by atoms with Crippen molar-refractivity contribution in [3.05, 3.63) is 24.4 Å². The van der Waals surface area contributed by atoms with Gasteiger partial charge in [0.25, 0.3) is 5.92 Å². The summed E-state index contributed by atoms with van der Waals surface area (Å²) in [5, 5.41) is 1.05. The van der Waals surface area contributed by atoms with Gasteiger partial charge in [0.2, 0.25) is 0 Å². The molecule has 0 bridgehead atoms. The average Bonchev–Trinajstić information content (AvgIpc) is 2.70. The summed E-state index contributed by atoms with van der Waals surface area (Å²) < 4.78 is 28.5. The molecule has 1 aliphatic heterocycles. The molecule has 0 aliphatic carbocycles. The molecular weight excluding hydrogens is 248 g/mol. The van der Waals surface area contributed by atoms with Crippen LogP contribution >= 0.6 is 0 Å². The Morgan fingerprint density at radius 2 is 1.89 bits per heavy atom. The van der Waals surface area contributed by atoms with Crippen molar-refractivity contribution in [2.75, 3.05) is 23.7 Å². The Morgan fingerprint density at radius 1 is 1.21 bits per heavy atom. The molecule has 0 saturated carbocycles. The molecule has 102 valence electrons. The highest BCUT2D eigenvalue weighted by Crippen LogP contribution is 2.35. The SMILES string of the molecule is Cn1ccc2cc(N)cc(N3CCC(F)(F)CC3)c21. The van der Waals surface area contributed by atoms with Gasteiger partial charge >= 0.3 is 0 Å². The fraction of sp³-hybridized carbons (Fsp3) is 0.429. The van der Waals surface area contributed by atoms with Crippen molar-refractivity contribution in [2.45, 2.75) is 18.8 Å². The number of hydrogen-bond acceptors (Lipinski definition) is 2. The molecule has 0 atom stereocenters. The summed E-state index contributed by atoms with van der Waals surface area (Å²) >= 11 is 0. The standard InChI is InChI=1S/C14H17F2N3/c1-18-5-2-10-8-11(17)9-12(13(10)18)19-6-3-14(15,16)4-7-19/h2,5,8-9H,3-4,6-7,17H2,1H3. The van der Waals surface area contributed by atoms with E-state index < -0.39 is 5.92 Å². The maximum absolute atomic E-state index is 13.2. The Labute approximate surface area is 110 Å². The summed E-state index contributed by atoms with van der Waals surface area (Å²) in [6.07, 6.45) is 1.79. The summed E-state index contributed by atoms with van der Waals surface area (Å²) in [7, 11) is 1.96. The summed E-state index contributed by atoms with van der Waals surface area (Å²) in [4.78, 5) is 2.01. The highest BCUT2D eigenvalue weighted by Gasteiger charge is 2.34. The maximum Gasteiger partial charge on any atom is 0.251 e. The molecule has 0 spiro atoms. The largest absolute Gasteiger partial charge is 0.399 e. The molecule has 1 aromatic heterocycles. The third-order valence-electron chi connectivity index (χ3n) is 3.81. The number of anilines is 2. The van der Waals surface area contributed by atoms with Crippen molar-refractivity contribution in [2.24, 2.45) is 7.05 Å². The first kappa shape index (κ1) is 12.3. The lowest BCUT2D eigenvalue weighted by atomic mass is 10.1. The van der Waals surface area contributed by atoms with Crippen LogP contribution < -0.4 is 10.6 Å². The minimum Gasteiger partial charge on any atom is -0.399 e. The number of rotatable bonds is 1. The van der Waals surface area contributed by atoms with Gasteiger partial charge in [0, 0.05) is 50.2 Å². The van der Waals surface area contributed by atoms with E-state index in [0.717, 1.165) is 16.6 Å². The Bertz CT molecular complexity index is 608. The highest BCUT2D eigenvalue weighted by molar-refractivity contribution is 5.95. The number of aryl methyl sites for hydroxylation is 1. The van der Waals surface area contributed by atoms with Crippen LogP contribution in [-0.4, -0.2) is 23.6 Å². The number of fused-ring (bicyclic) bond motifs is 1. The van der Waals surface area contributed by atoms with Crippen LogP contribution in [0.2, 0.25) is 0 Å². The maximum atomic E-state index is 13.2. The number of halogens is 2. The molecule has 2 N–H and O–H groups in total. The number of nitrogen functional groups attached to an aromatic ring is 1. The van der Waals surface area contributed by atoms with Crippen LogP contribution in [0, 0.1) is 0 Å². The first-order chi connectivity index (χ1) is 8.96. The van der Waals surface area contributed by atoms with Gasteiger partial charge in [0.1, 0.15) is 0 Å². The topological polar surface area (TPSA) is 34.2 Å². The minimum absolute atomic E-state index is 0.0896. The Kier molecular flexibility index (Phi) is 2.66. The van der Waals surface area contributed by atoms with Crippen LogP contribution in [0.25, 0.3) is 10.9 Å². The zero-order chi connectivity index (χ0) is 13.6. The number of hydrogen-bond donors (Lipinski definition) is 1. The van der Waals surface area contributed by atoms with Crippen molar-refractivity contribution in [3.63, 3.8) is 0 Å². The second-order valence-corrected chi connectivity index (χ2v) is 5.25. The molecular formula is C14H17F2N3. The van der Waals surface area contributed by atoms with E-state index in [2.05, 4.69) is 0 Å². The molecule has 0 radical (unpaired) electrons. The highest BCUT2D eigenvalue weighted by atomic mass is 19.3. The molecule has 1 aromatic carbocycles. The van der Waals surface area contributed by atoms with Gasteiger partial charge in [-0.1, -0.05) is 0 Å². The van der Waals surface area contributed by atoms with Crippen LogP contribution in [0.5, 0.6) is 0 Å². The van der Waals surface area contributed by atoms with E-state index in [4.69, 9.17) is 5.73 Å². The predicted octanol–water partition coefficient (Wildman–Crippen LogP) is 3.00. The zero-order valence-electron chi connectivity index (χ0n) is 10.9. The molecule has 2 heterocycles. The van der Waals surface area contributed by atoms with Crippen LogP contribution in [0.3, 0.4) is 0 Å². The second kappa shape index (κ2) is 4.11. The van der Waals surface area contributed by atoms with Gasteiger partial charge < -0.3 is 15.2 Å². The lowest BCUT2D eigenvalue weighted by Gasteiger charge is -2.34. The lowest BCUT2D eigenvalue weighted by molar-refractivity contribution is -0.0220. The van der Waals surface area contributed by atoms with E-state index >= 15 is 0 Å². The average molecular weight is 265 g/mol. The molecule has 0 amide bonds. The quantitative estimate of drug-likeness (QED) is 0.804. The van der Waals surface area contributed by atoms with E-state index in [1.165, 1.54) is 0 Å². The van der Waals surface area contributed by atoms with Crippen molar-refractivity contribution in [3.8, 4) is 0 Å². The minimum atomic E-state index is -2.52. The monoisotopic (exact) mass is 265 g/mol. The molecule has 1 fully saturated rings. The zero-order valence-corrected chi connectivity index (χ0v) is 10.9. The Morgan fingerprint density at radius 3 is 2.58 bits per heavy atom. The second-order valence-electron chi connectivity index (χ2n) is 5.25. The summed E-state index contributed by atoms with van der Waals surface area (Å²) in [6, 6.07) is 5.79. The van der Waals surface area contributed by atoms with Gasteiger partial charge in [-0.25, -0.2) is 8.78 Å². The molecule has 1 saturated heterocycles. The number of benzene rings is 1. The fourth-order valence-corrected chi connectivity index (χ4v) is 2.76. The fourth-order valence-electron chi connectivity index (χ4n) is 2.76. The Hall–Kier alpha value is -1.78. The van der Waals surface area contributed by atoms with Crippen LogP contribution in [-0.2, 0) is 7.05 Å².